The smallest absolute Gasteiger partial charge is 0.325 e. The second kappa shape index (κ2) is 8.04. The van der Waals surface area contributed by atoms with Gasteiger partial charge in [-0.3, -0.25) is 29.8 Å². The van der Waals surface area contributed by atoms with Crippen molar-refractivity contribution in [3.8, 4) is 0 Å². The van der Waals surface area contributed by atoms with Gasteiger partial charge in [0.15, 0.2) is 0 Å². The molecule has 0 heterocycles. The van der Waals surface area contributed by atoms with Crippen LogP contribution in [0, 0.1) is 26.1 Å². The largest absolute Gasteiger partial charge is 0.480 e. The quantitative estimate of drug-likeness (QED) is 0.467. The molecule has 1 aromatic rings. The molecule has 0 spiro atoms. The zero-order chi connectivity index (χ0) is 19.3. The minimum Gasteiger partial charge on any atom is -0.480 e. The molecule has 2 unspecified atom stereocenters. The average Bonchev–Trinajstić information content (AvgIpc) is 2.51. The Balaban J connectivity index is 3.13. The molecule has 0 saturated heterocycles. The minimum atomic E-state index is -1.22. The van der Waals surface area contributed by atoms with Crippen molar-refractivity contribution in [2.75, 3.05) is 5.32 Å². The molecule has 11 heteroatoms. The van der Waals surface area contributed by atoms with Crippen LogP contribution in [0.3, 0.4) is 0 Å². The molecule has 0 fully saturated rings. The molecule has 136 valence electrons. The Hall–Kier alpha value is -3.24. The van der Waals surface area contributed by atoms with Gasteiger partial charge in [0.1, 0.15) is 17.8 Å². The van der Waals surface area contributed by atoms with Crippen LogP contribution >= 0.6 is 0 Å². The SMILES string of the molecule is CC(NC(=O)C(Nc1ccc([N+](=O)[O-])cc1[N+](=O)[O-])C(C)C)C(=O)O. The van der Waals surface area contributed by atoms with E-state index in [1.165, 1.54) is 6.92 Å². The van der Waals surface area contributed by atoms with E-state index in [2.05, 4.69) is 10.6 Å². The van der Waals surface area contributed by atoms with Gasteiger partial charge in [-0.15, -0.1) is 0 Å². The van der Waals surface area contributed by atoms with Crippen LogP contribution < -0.4 is 10.6 Å². The first kappa shape index (κ1) is 19.8. The van der Waals surface area contributed by atoms with E-state index in [1.54, 1.807) is 13.8 Å². The number of carboxylic acid groups (broad SMARTS) is 1. The summed E-state index contributed by atoms with van der Waals surface area (Å²) in [6.45, 7) is 4.62. The fourth-order valence-electron chi connectivity index (χ4n) is 1.97. The summed E-state index contributed by atoms with van der Waals surface area (Å²) in [7, 11) is 0. The van der Waals surface area contributed by atoms with E-state index in [4.69, 9.17) is 5.11 Å². The number of amides is 1. The van der Waals surface area contributed by atoms with Gasteiger partial charge < -0.3 is 15.7 Å². The Labute approximate surface area is 142 Å². The Morgan fingerprint density at radius 2 is 1.72 bits per heavy atom. The maximum atomic E-state index is 12.2. The number of hydrogen-bond acceptors (Lipinski definition) is 7. The number of carboxylic acids is 1. The number of nitro benzene ring substituents is 2. The molecule has 0 bridgehead atoms. The topological polar surface area (TPSA) is 165 Å². The molecular formula is C14H18N4O7. The lowest BCUT2D eigenvalue weighted by molar-refractivity contribution is -0.393. The summed E-state index contributed by atoms with van der Waals surface area (Å²) < 4.78 is 0. The van der Waals surface area contributed by atoms with Crippen LogP contribution in [0.25, 0.3) is 0 Å². The number of benzene rings is 1. The lowest BCUT2D eigenvalue weighted by Crippen LogP contribution is -2.48. The van der Waals surface area contributed by atoms with Gasteiger partial charge in [-0.25, -0.2) is 0 Å². The molecule has 0 aliphatic rings. The molecule has 1 amide bonds. The van der Waals surface area contributed by atoms with Crippen molar-refractivity contribution >= 4 is 28.9 Å². The molecular weight excluding hydrogens is 336 g/mol. The summed E-state index contributed by atoms with van der Waals surface area (Å²) in [5.74, 6) is -2.22. The van der Waals surface area contributed by atoms with Gasteiger partial charge in [0, 0.05) is 6.07 Å². The fourth-order valence-corrected chi connectivity index (χ4v) is 1.97. The number of non-ortho nitro benzene ring substituents is 1. The molecule has 0 aliphatic carbocycles. The number of rotatable bonds is 8. The first-order valence-corrected chi connectivity index (χ1v) is 7.27. The Kier molecular flexibility index (Phi) is 6.37. The van der Waals surface area contributed by atoms with E-state index in [0.717, 1.165) is 18.2 Å². The van der Waals surface area contributed by atoms with Crippen molar-refractivity contribution in [2.24, 2.45) is 5.92 Å². The van der Waals surface area contributed by atoms with Crippen LogP contribution in [0.15, 0.2) is 18.2 Å². The highest BCUT2D eigenvalue weighted by Crippen LogP contribution is 2.30. The van der Waals surface area contributed by atoms with Crippen LogP contribution in [-0.2, 0) is 9.59 Å². The number of carbonyl (C=O) groups excluding carboxylic acids is 1. The molecule has 0 aromatic heterocycles. The second-order valence-corrected chi connectivity index (χ2v) is 5.65. The minimum absolute atomic E-state index is 0.0765. The average molecular weight is 354 g/mol. The lowest BCUT2D eigenvalue weighted by Gasteiger charge is -2.23. The number of nitrogens with zero attached hydrogens (tertiary/aromatic N) is 2. The van der Waals surface area contributed by atoms with Crippen LogP contribution in [0.2, 0.25) is 0 Å². The van der Waals surface area contributed by atoms with Gasteiger partial charge in [-0.1, -0.05) is 13.8 Å². The van der Waals surface area contributed by atoms with Gasteiger partial charge >= 0.3 is 5.97 Å². The third kappa shape index (κ3) is 5.12. The Morgan fingerprint density at radius 3 is 2.16 bits per heavy atom. The predicted molar refractivity (Wildman–Crippen MR) is 87.2 cm³/mol. The maximum absolute atomic E-state index is 12.2. The zero-order valence-corrected chi connectivity index (χ0v) is 13.8. The van der Waals surface area contributed by atoms with Crippen LogP contribution in [-0.4, -0.2) is 38.9 Å². The number of aliphatic carboxylic acids is 1. The first-order chi connectivity index (χ1) is 11.5. The number of nitrogens with one attached hydrogen (secondary N) is 2. The van der Waals surface area contributed by atoms with Crippen LogP contribution in [0.4, 0.5) is 17.1 Å². The van der Waals surface area contributed by atoms with Crippen molar-refractivity contribution in [3.63, 3.8) is 0 Å². The second-order valence-electron chi connectivity index (χ2n) is 5.65. The van der Waals surface area contributed by atoms with Gasteiger partial charge in [0.05, 0.1) is 15.9 Å². The molecule has 1 rings (SSSR count). The number of carbonyl (C=O) groups is 2. The molecule has 2 atom stereocenters. The van der Waals surface area contributed by atoms with Crippen molar-refractivity contribution < 1.29 is 24.5 Å². The van der Waals surface area contributed by atoms with E-state index < -0.39 is 45.2 Å². The van der Waals surface area contributed by atoms with E-state index in [9.17, 15) is 29.8 Å². The Bertz CT molecular complexity index is 704. The fraction of sp³-hybridized carbons (Fsp3) is 0.429. The van der Waals surface area contributed by atoms with E-state index in [0.29, 0.717) is 0 Å². The normalized spacial score (nSPS) is 13.0. The number of anilines is 1. The van der Waals surface area contributed by atoms with E-state index in [-0.39, 0.29) is 11.6 Å². The summed E-state index contributed by atoms with van der Waals surface area (Å²) in [5, 5.41) is 35.7. The molecule has 0 radical (unpaired) electrons. The number of nitro groups is 2. The summed E-state index contributed by atoms with van der Waals surface area (Å²) >= 11 is 0. The maximum Gasteiger partial charge on any atom is 0.325 e. The van der Waals surface area contributed by atoms with Crippen molar-refractivity contribution in [1.82, 2.24) is 5.32 Å². The van der Waals surface area contributed by atoms with Gasteiger partial charge in [-0.05, 0) is 18.9 Å². The third-order valence-corrected chi connectivity index (χ3v) is 3.38. The highest BCUT2D eigenvalue weighted by molar-refractivity contribution is 5.89. The van der Waals surface area contributed by atoms with Crippen molar-refractivity contribution in [1.29, 1.82) is 0 Å². The first-order valence-electron chi connectivity index (χ1n) is 7.27. The van der Waals surface area contributed by atoms with E-state index in [1.807, 2.05) is 0 Å². The van der Waals surface area contributed by atoms with Crippen LogP contribution in [0.1, 0.15) is 20.8 Å². The van der Waals surface area contributed by atoms with Gasteiger partial charge in [-0.2, -0.15) is 0 Å². The monoisotopic (exact) mass is 354 g/mol. The summed E-state index contributed by atoms with van der Waals surface area (Å²) in [4.78, 5) is 43.4. The molecule has 1 aromatic carbocycles. The molecule has 3 N–H and O–H groups in total. The van der Waals surface area contributed by atoms with E-state index >= 15 is 0 Å². The predicted octanol–water partition coefficient (Wildman–Crippen LogP) is 1.53. The molecule has 0 aliphatic heterocycles. The Morgan fingerprint density at radius 1 is 1.12 bits per heavy atom. The molecule has 0 saturated carbocycles. The van der Waals surface area contributed by atoms with Crippen molar-refractivity contribution in [2.45, 2.75) is 32.9 Å². The highest BCUT2D eigenvalue weighted by atomic mass is 16.6. The highest BCUT2D eigenvalue weighted by Gasteiger charge is 2.28. The van der Waals surface area contributed by atoms with Crippen LogP contribution in [0.5, 0.6) is 0 Å². The zero-order valence-electron chi connectivity index (χ0n) is 13.8. The lowest BCUT2D eigenvalue weighted by atomic mass is 10.0. The standard InChI is InChI=1S/C14H18N4O7/c1-7(2)12(13(19)15-8(3)14(20)21)16-10-5-4-9(17(22)23)6-11(10)18(24)25/h4-8,12,16H,1-3H3,(H,15,19)(H,20,21). The number of hydrogen-bond donors (Lipinski definition) is 3. The third-order valence-electron chi connectivity index (χ3n) is 3.38. The van der Waals surface area contributed by atoms with Gasteiger partial charge in [0.2, 0.25) is 5.91 Å². The molecule has 25 heavy (non-hydrogen) atoms. The summed E-state index contributed by atoms with van der Waals surface area (Å²) in [5.41, 5.74) is -1.09. The van der Waals surface area contributed by atoms with Crippen molar-refractivity contribution in [3.05, 3.63) is 38.4 Å². The van der Waals surface area contributed by atoms with Gasteiger partial charge in [0.25, 0.3) is 11.4 Å². The summed E-state index contributed by atoms with van der Waals surface area (Å²) in [6, 6.07) is 0.894. The molecule has 11 nitrogen and oxygen atoms in total. The summed E-state index contributed by atoms with van der Waals surface area (Å²) in [6.07, 6.45) is 0.